The van der Waals surface area contributed by atoms with Crippen LogP contribution in [-0.2, 0) is 15.7 Å². The number of carbonyl (C=O) groups excluding carboxylic acids is 1. The average Bonchev–Trinajstić information content (AvgIpc) is 3.33. The molecule has 1 saturated heterocycles. The number of halogens is 3. The number of rotatable bonds is 3. The molecule has 0 atom stereocenters. The summed E-state index contributed by atoms with van der Waals surface area (Å²) in [5.74, 6) is -0.0827. The van der Waals surface area contributed by atoms with Crippen LogP contribution in [0.4, 0.5) is 19.1 Å². The van der Waals surface area contributed by atoms with Gasteiger partial charge in [0.25, 0.3) is 0 Å². The molecule has 0 bridgehead atoms. The number of hydrogen-bond donors (Lipinski definition) is 0. The Balaban J connectivity index is 1.53. The fourth-order valence-electron chi connectivity index (χ4n) is 2.98. The van der Waals surface area contributed by atoms with E-state index < -0.39 is 17.7 Å². The van der Waals surface area contributed by atoms with E-state index in [4.69, 9.17) is 4.74 Å². The lowest BCUT2D eigenvalue weighted by Gasteiger charge is -2.14. The van der Waals surface area contributed by atoms with Crippen molar-refractivity contribution < 1.29 is 22.7 Å². The summed E-state index contributed by atoms with van der Waals surface area (Å²) >= 11 is 0. The van der Waals surface area contributed by atoms with Crippen LogP contribution >= 0.6 is 0 Å². The number of aliphatic imine (C=N–C) groups is 1. The number of ether oxygens (including phenoxy) is 1. The Bertz CT molecular complexity index is 945. The third-order valence-corrected chi connectivity index (χ3v) is 4.43. The van der Waals surface area contributed by atoms with Gasteiger partial charge in [-0.2, -0.15) is 13.2 Å². The van der Waals surface area contributed by atoms with E-state index in [1.165, 1.54) is 18.2 Å². The van der Waals surface area contributed by atoms with E-state index >= 15 is 0 Å². The Morgan fingerprint density at radius 1 is 1.04 bits per heavy atom. The minimum atomic E-state index is -4.43. The summed E-state index contributed by atoms with van der Waals surface area (Å²) in [6, 6.07) is 4.26. The molecule has 0 N–H and O–H groups in total. The topological polar surface area (TPSA) is 67.7 Å². The van der Waals surface area contributed by atoms with Crippen molar-refractivity contribution in [3.05, 3.63) is 59.0 Å². The summed E-state index contributed by atoms with van der Waals surface area (Å²) in [7, 11) is 0. The molecule has 2 aliphatic heterocycles. The first-order chi connectivity index (χ1) is 13.4. The first-order valence-corrected chi connectivity index (χ1v) is 8.67. The molecular weight excluding hydrogens is 373 g/mol. The number of hydrogen-bond acceptors (Lipinski definition) is 6. The quantitative estimate of drug-likeness (QED) is 0.595. The molecule has 3 heterocycles. The highest BCUT2D eigenvalue weighted by Gasteiger charge is 2.31. The van der Waals surface area contributed by atoms with Gasteiger partial charge in [0, 0.05) is 36.6 Å². The first kappa shape index (κ1) is 18.1. The van der Waals surface area contributed by atoms with Gasteiger partial charge in [0.05, 0.1) is 5.56 Å². The Kier molecular flexibility index (Phi) is 4.58. The monoisotopic (exact) mass is 388 g/mol. The standard InChI is InChI=1S/C19H15F3N4O2/c20-19(21,22)14-5-3-13(4-6-14)16-25-15(17(27)28-16)9-12-10-23-18(24-11-12)26-7-1-2-8-26/h3-6,9-11H,1-2,7-8H2/b15-9+. The van der Waals surface area contributed by atoms with Crippen molar-refractivity contribution in [3.8, 4) is 0 Å². The van der Waals surface area contributed by atoms with Crippen molar-refractivity contribution in [1.29, 1.82) is 0 Å². The van der Waals surface area contributed by atoms with Crippen LogP contribution < -0.4 is 4.90 Å². The molecule has 1 fully saturated rings. The molecule has 9 heteroatoms. The van der Waals surface area contributed by atoms with Gasteiger partial charge in [-0.3, -0.25) is 0 Å². The molecule has 6 nitrogen and oxygen atoms in total. The highest BCUT2D eigenvalue weighted by atomic mass is 19.4. The van der Waals surface area contributed by atoms with Crippen molar-refractivity contribution in [2.75, 3.05) is 18.0 Å². The van der Waals surface area contributed by atoms with Crippen LogP contribution in [0, 0.1) is 0 Å². The van der Waals surface area contributed by atoms with E-state index in [1.807, 2.05) is 0 Å². The molecule has 0 saturated carbocycles. The number of anilines is 1. The molecular formula is C19H15F3N4O2. The molecule has 2 aromatic rings. The van der Waals surface area contributed by atoms with Crippen molar-refractivity contribution in [2.24, 2.45) is 4.99 Å². The largest absolute Gasteiger partial charge is 0.416 e. The summed E-state index contributed by atoms with van der Waals surface area (Å²) in [6.07, 6.45) is 2.45. The molecule has 1 aromatic heterocycles. The number of carbonyl (C=O) groups is 1. The summed E-state index contributed by atoms with van der Waals surface area (Å²) in [5.41, 5.74) is 0.109. The lowest BCUT2D eigenvalue weighted by molar-refractivity contribution is -0.137. The van der Waals surface area contributed by atoms with Gasteiger partial charge in [0.15, 0.2) is 5.70 Å². The zero-order valence-electron chi connectivity index (χ0n) is 14.6. The van der Waals surface area contributed by atoms with Crippen LogP contribution in [0.3, 0.4) is 0 Å². The summed E-state index contributed by atoms with van der Waals surface area (Å²) in [4.78, 5) is 26.8. The van der Waals surface area contributed by atoms with Crippen LogP contribution in [0.1, 0.15) is 29.5 Å². The Labute approximate surface area is 158 Å². The van der Waals surface area contributed by atoms with Crippen LogP contribution in [-0.4, -0.2) is 34.9 Å². The molecule has 4 rings (SSSR count). The maximum absolute atomic E-state index is 12.7. The van der Waals surface area contributed by atoms with Crippen LogP contribution in [0.25, 0.3) is 6.08 Å². The zero-order chi connectivity index (χ0) is 19.7. The molecule has 0 radical (unpaired) electrons. The Morgan fingerprint density at radius 3 is 2.29 bits per heavy atom. The molecule has 1 aromatic carbocycles. The maximum atomic E-state index is 12.7. The Morgan fingerprint density at radius 2 is 1.68 bits per heavy atom. The predicted octanol–water partition coefficient (Wildman–Crippen LogP) is 3.44. The highest BCUT2D eigenvalue weighted by Crippen LogP contribution is 2.29. The number of cyclic esters (lactones) is 1. The fraction of sp³-hybridized carbons (Fsp3) is 0.263. The normalized spacial score (nSPS) is 18.5. The van der Waals surface area contributed by atoms with Gasteiger partial charge in [-0.15, -0.1) is 0 Å². The predicted molar refractivity (Wildman–Crippen MR) is 95.5 cm³/mol. The van der Waals surface area contributed by atoms with E-state index in [0.717, 1.165) is 38.1 Å². The van der Waals surface area contributed by atoms with Crippen molar-refractivity contribution in [3.63, 3.8) is 0 Å². The lowest BCUT2D eigenvalue weighted by Crippen LogP contribution is -2.20. The van der Waals surface area contributed by atoms with Gasteiger partial charge in [0.2, 0.25) is 11.8 Å². The molecule has 0 aliphatic carbocycles. The van der Waals surface area contributed by atoms with Gasteiger partial charge < -0.3 is 9.64 Å². The minimum absolute atomic E-state index is 0.0346. The van der Waals surface area contributed by atoms with Crippen molar-refractivity contribution in [1.82, 2.24) is 9.97 Å². The number of nitrogens with zero attached hydrogens (tertiary/aromatic N) is 4. The van der Waals surface area contributed by atoms with Crippen LogP contribution in [0.15, 0.2) is 47.3 Å². The van der Waals surface area contributed by atoms with E-state index in [9.17, 15) is 18.0 Å². The number of esters is 1. The molecule has 2 aliphatic rings. The highest BCUT2D eigenvalue weighted by molar-refractivity contribution is 6.12. The van der Waals surface area contributed by atoms with E-state index in [1.54, 1.807) is 12.4 Å². The molecule has 0 amide bonds. The van der Waals surface area contributed by atoms with Gasteiger partial charge in [0.1, 0.15) is 0 Å². The number of alkyl halides is 3. The molecule has 28 heavy (non-hydrogen) atoms. The minimum Gasteiger partial charge on any atom is -0.402 e. The molecule has 144 valence electrons. The van der Waals surface area contributed by atoms with E-state index in [2.05, 4.69) is 19.9 Å². The average molecular weight is 388 g/mol. The van der Waals surface area contributed by atoms with Gasteiger partial charge in [-0.1, -0.05) is 0 Å². The summed E-state index contributed by atoms with van der Waals surface area (Å²) < 4.78 is 43.0. The van der Waals surface area contributed by atoms with Gasteiger partial charge in [-0.25, -0.2) is 19.8 Å². The van der Waals surface area contributed by atoms with Crippen LogP contribution in [0.2, 0.25) is 0 Å². The summed E-state index contributed by atoms with van der Waals surface area (Å²) in [6.45, 7) is 1.85. The van der Waals surface area contributed by atoms with Crippen LogP contribution in [0.5, 0.6) is 0 Å². The van der Waals surface area contributed by atoms with Gasteiger partial charge in [-0.05, 0) is 43.2 Å². The number of benzene rings is 1. The van der Waals surface area contributed by atoms with Crippen molar-refractivity contribution >= 4 is 23.9 Å². The first-order valence-electron chi connectivity index (χ1n) is 8.67. The second kappa shape index (κ2) is 7.06. The van der Waals surface area contributed by atoms with Gasteiger partial charge >= 0.3 is 12.1 Å². The smallest absolute Gasteiger partial charge is 0.402 e. The SMILES string of the molecule is O=C1OC(c2ccc(C(F)(F)F)cc2)=N/C1=C/c1cnc(N2CCCC2)nc1. The zero-order valence-corrected chi connectivity index (χ0v) is 14.6. The van der Waals surface area contributed by atoms with E-state index in [-0.39, 0.29) is 17.2 Å². The fourth-order valence-corrected chi connectivity index (χ4v) is 2.98. The van der Waals surface area contributed by atoms with E-state index in [0.29, 0.717) is 11.5 Å². The third-order valence-electron chi connectivity index (χ3n) is 4.43. The second-order valence-corrected chi connectivity index (χ2v) is 6.42. The second-order valence-electron chi connectivity index (χ2n) is 6.42. The Hall–Kier alpha value is -3.23. The third kappa shape index (κ3) is 3.73. The maximum Gasteiger partial charge on any atom is 0.416 e. The summed E-state index contributed by atoms with van der Waals surface area (Å²) in [5, 5.41) is 0. The van der Waals surface area contributed by atoms with Crippen molar-refractivity contribution in [2.45, 2.75) is 19.0 Å². The molecule has 0 unspecified atom stereocenters. The lowest BCUT2D eigenvalue weighted by atomic mass is 10.1. The number of aromatic nitrogens is 2. The molecule has 0 spiro atoms.